The zero-order valence-corrected chi connectivity index (χ0v) is 11.3. The molecule has 3 fully saturated rings. The van der Waals surface area contributed by atoms with E-state index >= 15 is 0 Å². The quantitative estimate of drug-likeness (QED) is 0.779. The lowest BCUT2D eigenvalue weighted by atomic mass is 9.97. The Bertz CT molecular complexity index is 308. The Hall–Kier alpha value is -0.610. The highest BCUT2D eigenvalue weighted by molar-refractivity contribution is 5.78. The predicted molar refractivity (Wildman–Crippen MR) is 71.4 cm³/mol. The van der Waals surface area contributed by atoms with E-state index in [1.165, 1.54) is 25.7 Å². The molecule has 3 saturated heterocycles. The number of likely N-dealkylation sites (N-methyl/N-ethyl adjacent to an activating group) is 1. The Morgan fingerprint density at radius 3 is 2.50 bits per heavy atom. The van der Waals surface area contributed by atoms with Crippen molar-refractivity contribution in [3.05, 3.63) is 0 Å². The van der Waals surface area contributed by atoms with Gasteiger partial charge in [-0.2, -0.15) is 0 Å². The maximum absolute atomic E-state index is 11.3. The minimum atomic E-state index is 0.237. The van der Waals surface area contributed by atoms with Crippen molar-refractivity contribution in [1.82, 2.24) is 15.5 Å². The van der Waals surface area contributed by atoms with Crippen LogP contribution < -0.4 is 10.6 Å². The second kappa shape index (κ2) is 5.17. The van der Waals surface area contributed by atoms with Crippen LogP contribution in [0.5, 0.6) is 0 Å². The summed E-state index contributed by atoms with van der Waals surface area (Å²) in [4.78, 5) is 13.9. The molecule has 0 radical (unpaired) electrons. The number of amides is 1. The summed E-state index contributed by atoms with van der Waals surface area (Å²) in [5.74, 6) is 0.237. The Labute approximate surface area is 109 Å². The number of hydrogen-bond donors (Lipinski definition) is 2. The van der Waals surface area contributed by atoms with E-state index in [1.54, 1.807) is 0 Å². The maximum atomic E-state index is 11.3. The fraction of sp³-hybridized carbons (Fsp3) is 0.929. The van der Waals surface area contributed by atoms with Gasteiger partial charge >= 0.3 is 0 Å². The fourth-order valence-corrected chi connectivity index (χ4v) is 3.96. The average Bonchev–Trinajstić information content (AvgIpc) is 2.92. The van der Waals surface area contributed by atoms with E-state index in [9.17, 15) is 4.79 Å². The van der Waals surface area contributed by atoms with Crippen molar-refractivity contribution in [3.8, 4) is 0 Å². The molecular formula is C14H25N3O. The second-order valence-electron chi connectivity index (χ2n) is 6.15. The first-order valence-electron chi connectivity index (χ1n) is 7.54. The van der Waals surface area contributed by atoms with Crippen LogP contribution in [-0.2, 0) is 4.79 Å². The summed E-state index contributed by atoms with van der Waals surface area (Å²) < 4.78 is 0. The molecule has 2 bridgehead atoms. The summed E-state index contributed by atoms with van der Waals surface area (Å²) >= 11 is 0. The Morgan fingerprint density at radius 2 is 1.94 bits per heavy atom. The third kappa shape index (κ3) is 2.54. The van der Waals surface area contributed by atoms with Gasteiger partial charge in [-0.15, -0.1) is 0 Å². The lowest BCUT2D eigenvalue weighted by molar-refractivity contribution is -0.119. The normalized spacial score (nSPS) is 39.3. The average molecular weight is 251 g/mol. The number of carbonyl (C=O) groups is 1. The van der Waals surface area contributed by atoms with Gasteiger partial charge in [-0.3, -0.25) is 9.69 Å². The van der Waals surface area contributed by atoms with Gasteiger partial charge in [0, 0.05) is 37.1 Å². The van der Waals surface area contributed by atoms with Crippen LogP contribution in [0.15, 0.2) is 0 Å². The van der Waals surface area contributed by atoms with Gasteiger partial charge < -0.3 is 10.6 Å². The molecule has 4 nitrogen and oxygen atoms in total. The Morgan fingerprint density at radius 1 is 1.22 bits per heavy atom. The first-order chi connectivity index (χ1) is 8.74. The number of nitrogens with zero attached hydrogens (tertiary/aromatic N) is 1. The minimum Gasteiger partial charge on any atom is -0.352 e. The number of piperidine rings is 1. The van der Waals surface area contributed by atoms with Crippen molar-refractivity contribution in [2.75, 3.05) is 13.1 Å². The Kier molecular flexibility index (Phi) is 3.57. The van der Waals surface area contributed by atoms with E-state index in [-0.39, 0.29) is 5.91 Å². The summed E-state index contributed by atoms with van der Waals surface area (Å²) in [6.07, 6.45) is 7.06. The maximum Gasteiger partial charge on any atom is 0.220 e. The van der Waals surface area contributed by atoms with Gasteiger partial charge in [0.05, 0.1) is 0 Å². The SMILES string of the molecule is CCN(CC1CCC(=O)N1)C1CC2CCC(C1)N2. The molecule has 4 heteroatoms. The molecule has 2 N–H and O–H groups in total. The molecule has 18 heavy (non-hydrogen) atoms. The van der Waals surface area contributed by atoms with Crippen molar-refractivity contribution in [2.45, 2.75) is 69.6 Å². The summed E-state index contributed by atoms with van der Waals surface area (Å²) in [5, 5.41) is 6.80. The predicted octanol–water partition coefficient (Wildman–Crippen LogP) is 0.870. The lowest BCUT2D eigenvalue weighted by Crippen LogP contribution is -2.51. The molecule has 0 aromatic heterocycles. The first kappa shape index (κ1) is 12.4. The molecule has 0 spiro atoms. The van der Waals surface area contributed by atoms with Gasteiger partial charge in [0.25, 0.3) is 0 Å². The molecule has 3 heterocycles. The number of carbonyl (C=O) groups excluding carboxylic acids is 1. The van der Waals surface area contributed by atoms with Crippen LogP contribution in [0.3, 0.4) is 0 Å². The van der Waals surface area contributed by atoms with Crippen LogP contribution in [0, 0.1) is 0 Å². The molecule has 3 atom stereocenters. The van der Waals surface area contributed by atoms with Crippen LogP contribution in [0.4, 0.5) is 0 Å². The van der Waals surface area contributed by atoms with Gasteiger partial charge in [-0.25, -0.2) is 0 Å². The molecule has 102 valence electrons. The van der Waals surface area contributed by atoms with Gasteiger partial charge in [-0.05, 0) is 38.6 Å². The molecule has 3 aliphatic rings. The first-order valence-corrected chi connectivity index (χ1v) is 7.54. The molecule has 3 aliphatic heterocycles. The summed E-state index contributed by atoms with van der Waals surface area (Å²) in [5.41, 5.74) is 0. The van der Waals surface area contributed by atoms with Crippen LogP contribution in [0.25, 0.3) is 0 Å². The smallest absolute Gasteiger partial charge is 0.220 e. The molecule has 0 aliphatic carbocycles. The molecule has 0 aromatic carbocycles. The lowest BCUT2D eigenvalue weighted by Gasteiger charge is -2.38. The van der Waals surface area contributed by atoms with E-state index in [0.29, 0.717) is 6.04 Å². The number of hydrogen-bond acceptors (Lipinski definition) is 3. The second-order valence-corrected chi connectivity index (χ2v) is 6.15. The molecule has 0 saturated carbocycles. The summed E-state index contributed by atoms with van der Waals surface area (Å²) in [6, 6.07) is 2.62. The number of nitrogens with one attached hydrogen (secondary N) is 2. The number of rotatable bonds is 4. The van der Waals surface area contributed by atoms with E-state index in [0.717, 1.165) is 44.1 Å². The van der Waals surface area contributed by atoms with Gasteiger partial charge in [0.2, 0.25) is 5.91 Å². The molecule has 3 rings (SSSR count). The largest absolute Gasteiger partial charge is 0.352 e. The molecular weight excluding hydrogens is 226 g/mol. The monoisotopic (exact) mass is 251 g/mol. The van der Waals surface area contributed by atoms with Crippen LogP contribution in [0.2, 0.25) is 0 Å². The Balaban J connectivity index is 1.56. The third-order valence-electron chi connectivity index (χ3n) is 4.91. The van der Waals surface area contributed by atoms with Crippen LogP contribution in [0.1, 0.15) is 45.4 Å². The molecule has 3 unspecified atom stereocenters. The van der Waals surface area contributed by atoms with Crippen molar-refractivity contribution in [3.63, 3.8) is 0 Å². The molecule has 0 aromatic rings. The van der Waals surface area contributed by atoms with Gasteiger partial charge in [0.15, 0.2) is 0 Å². The van der Waals surface area contributed by atoms with Crippen molar-refractivity contribution in [1.29, 1.82) is 0 Å². The van der Waals surface area contributed by atoms with E-state index < -0.39 is 0 Å². The highest BCUT2D eigenvalue weighted by Gasteiger charge is 2.36. The third-order valence-corrected chi connectivity index (χ3v) is 4.91. The summed E-state index contributed by atoms with van der Waals surface area (Å²) in [7, 11) is 0. The van der Waals surface area contributed by atoms with Crippen LogP contribution in [-0.4, -0.2) is 48.1 Å². The minimum absolute atomic E-state index is 0.237. The van der Waals surface area contributed by atoms with E-state index in [1.807, 2.05) is 0 Å². The van der Waals surface area contributed by atoms with Crippen molar-refractivity contribution in [2.24, 2.45) is 0 Å². The van der Waals surface area contributed by atoms with Crippen molar-refractivity contribution < 1.29 is 4.79 Å². The van der Waals surface area contributed by atoms with Crippen LogP contribution >= 0.6 is 0 Å². The van der Waals surface area contributed by atoms with E-state index in [2.05, 4.69) is 22.5 Å². The van der Waals surface area contributed by atoms with Gasteiger partial charge in [-0.1, -0.05) is 6.92 Å². The fourth-order valence-electron chi connectivity index (χ4n) is 3.96. The van der Waals surface area contributed by atoms with Crippen molar-refractivity contribution >= 4 is 5.91 Å². The topological polar surface area (TPSA) is 44.4 Å². The summed E-state index contributed by atoms with van der Waals surface area (Å²) in [6.45, 7) is 4.41. The zero-order valence-electron chi connectivity index (χ0n) is 11.3. The molecule has 1 amide bonds. The standard InChI is InChI=1S/C14H25N3O/c1-2-17(9-12-5-6-14(18)16-12)13-7-10-3-4-11(8-13)15-10/h10-13,15H,2-9H2,1H3,(H,16,18). The zero-order chi connectivity index (χ0) is 12.5. The van der Waals surface area contributed by atoms with E-state index in [4.69, 9.17) is 0 Å². The highest BCUT2D eigenvalue weighted by Crippen LogP contribution is 2.30. The highest BCUT2D eigenvalue weighted by atomic mass is 16.1. The van der Waals surface area contributed by atoms with Gasteiger partial charge in [0.1, 0.15) is 0 Å². The number of fused-ring (bicyclic) bond motifs is 2.